The third-order valence-electron chi connectivity index (χ3n) is 10.0. The number of fused-ring (bicyclic) bond motifs is 3. The van der Waals surface area contributed by atoms with Crippen molar-refractivity contribution in [2.75, 3.05) is 37.7 Å². The second-order valence-corrected chi connectivity index (χ2v) is 12.4. The predicted molar refractivity (Wildman–Crippen MR) is 157 cm³/mol. The van der Waals surface area contributed by atoms with Gasteiger partial charge in [0.2, 0.25) is 0 Å². The number of nitrogens with zero attached hydrogens (tertiary/aromatic N) is 3. The predicted octanol–water partition coefficient (Wildman–Crippen LogP) is 4.49. The van der Waals surface area contributed by atoms with E-state index in [-0.39, 0.29) is 17.6 Å². The Morgan fingerprint density at radius 1 is 1.02 bits per heavy atom. The summed E-state index contributed by atoms with van der Waals surface area (Å²) in [7, 11) is 0. The van der Waals surface area contributed by atoms with Gasteiger partial charge in [0.15, 0.2) is 0 Å². The van der Waals surface area contributed by atoms with Gasteiger partial charge in [-0.3, -0.25) is 14.8 Å². The minimum atomic E-state index is -0.164. The molecule has 0 spiro atoms. The summed E-state index contributed by atoms with van der Waals surface area (Å²) in [5.74, 6) is -0.0228. The van der Waals surface area contributed by atoms with Crippen molar-refractivity contribution in [3.63, 3.8) is 0 Å². The molecule has 3 saturated heterocycles. The van der Waals surface area contributed by atoms with Gasteiger partial charge >= 0.3 is 0 Å². The zero-order chi connectivity index (χ0) is 27.1. The van der Waals surface area contributed by atoms with Crippen molar-refractivity contribution in [2.24, 2.45) is 0 Å². The van der Waals surface area contributed by atoms with Gasteiger partial charge < -0.3 is 20.1 Å². The normalized spacial score (nSPS) is 26.7. The highest BCUT2D eigenvalue weighted by Crippen LogP contribution is 2.40. The molecule has 40 heavy (non-hydrogen) atoms. The second kappa shape index (κ2) is 10.8. The van der Waals surface area contributed by atoms with Crippen LogP contribution in [-0.4, -0.2) is 82.7 Å². The third-order valence-corrected chi connectivity index (χ3v) is 10.0. The van der Waals surface area contributed by atoms with Crippen molar-refractivity contribution in [1.82, 2.24) is 20.4 Å². The largest absolute Gasteiger partial charge is 0.393 e. The number of rotatable bonds is 6. The summed E-state index contributed by atoms with van der Waals surface area (Å²) in [5, 5.41) is 22.2. The molecule has 1 saturated carbocycles. The molecule has 3 aliphatic heterocycles. The number of carbonyl (C=O) groups excluding carboxylic acids is 1. The van der Waals surface area contributed by atoms with Crippen LogP contribution < -0.4 is 10.2 Å². The molecule has 3 aromatic rings. The number of H-pyrrole nitrogens is 1. The standard InChI is InChI=1S/C32H41N5O3/c38-27-19-25-9-10-26(20-27)37(25)24-7-4-22(5-8-24)30-28-18-23(6-11-29(28)34-35-30)31(39)33-21-32(12-2-1-3-13-32)36-14-16-40-17-15-36/h4-8,11,18,25-27,38H,1-3,9-10,12-17,19-21H2,(H,33,39)(H,34,35). The Morgan fingerprint density at radius 3 is 2.48 bits per heavy atom. The Hall–Kier alpha value is -2.94. The van der Waals surface area contributed by atoms with E-state index in [1.165, 1.54) is 24.9 Å². The molecule has 7 rings (SSSR count). The Kier molecular flexibility index (Phi) is 7.02. The molecule has 4 fully saturated rings. The van der Waals surface area contributed by atoms with Crippen LogP contribution in [0.25, 0.3) is 22.2 Å². The highest BCUT2D eigenvalue weighted by molar-refractivity contribution is 6.01. The fourth-order valence-electron chi connectivity index (χ4n) is 7.94. The first-order valence-corrected chi connectivity index (χ1v) is 15.3. The number of carbonyl (C=O) groups is 1. The van der Waals surface area contributed by atoms with Gasteiger partial charge in [-0.2, -0.15) is 5.10 Å². The summed E-state index contributed by atoms with van der Waals surface area (Å²) >= 11 is 0. The SMILES string of the molecule is O=C(NCC1(N2CCOCC2)CCCCC1)c1ccc2[nH]nc(-c3ccc(N4C5CCC4CC(O)C5)cc3)c2c1. The average molecular weight is 544 g/mol. The summed E-state index contributed by atoms with van der Waals surface area (Å²) in [6, 6.07) is 15.3. The summed E-state index contributed by atoms with van der Waals surface area (Å²) in [6.45, 7) is 4.12. The number of aromatic nitrogens is 2. The van der Waals surface area contributed by atoms with Gasteiger partial charge in [-0.05, 0) is 68.9 Å². The molecular weight excluding hydrogens is 502 g/mol. The van der Waals surface area contributed by atoms with E-state index in [2.05, 4.69) is 49.6 Å². The van der Waals surface area contributed by atoms with Gasteiger partial charge in [0, 0.05) is 59.5 Å². The fourth-order valence-corrected chi connectivity index (χ4v) is 7.94. The minimum Gasteiger partial charge on any atom is -0.393 e. The monoisotopic (exact) mass is 543 g/mol. The maximum absolute atomic E-state index is 13.4. The smallest absolute Gasteiger partial charge is 0.251 e. The number of benzene rings is 2. The molecule has 1 amide bonds. The average Bonchev–Trinajstić information content (AvgIpc) is 3.55. The Bertz CT molecular complexity index is 1330. The van der Waals surface area contributed by atoms with Crippen molar-refractivity contribution < 1.29 is 14.6 Å². The van der Waals surface area contributed by atoms with Crippen molar-refractivity contribution in [2.45, 2.75) is 81.5 Å². The van der Waals surface area contributed by atoms with E-state index in [9.17, 15) is 9.90 Å². The van der Waals surface area contributed by atoms with E-state index in [1.807, 2.05) is 18.2 Å². The van der Waals surface area contributed by atoms with E-state index >= 15 is 0 Å². The lowest BCUT2D eigenvalue weighted by Crippen LogP contribution is -2.59. The molecule has 3 N–H and O–H groups in total. The second-order valence-electron chi connectivity index (χ2n) is 12.4. The van der Waals surface area contributed by atoms with Crippen LogP contribution in [0.2, 0.25) is 0 Å². The van der Waals surface area contributed by atoms with Gasteiger partial charge in [0.25, 0.3) is 5.91 Å². The number of hydrogen-bond donors (Lipinski definition) is 3. The number of ether oxygens (including phenoxy) is 1. The summed E-state index contributed by atoms with van der Waals surface area (Å²) in [4.78, 5) is 18.5. The van der Waals surface area contributed by atoms with Crippen molar-refractivity contribution in [1.29, 1.82) is 0 Å². The molecule has 212 valence electrons. The summed E-state index contributed by atoms with van der Waals surface area (Å²) in [5.41, 5.74) is 4.76. The fraction of sp³-hybridized carbons (Fsp3) is 0.562. The summed E-state index contributed by atoms with van der Waals surface area (Å²) in [6.07, 6.45) is 9.86. The van der Waals surface area contributed by atoms with Gasteiger partial charge in [-0.25, -0.2) is 0 Å². The number of morpholine rings is 1. The number of aliphatic hydroxyl groups is 1. The highest BCUT2D eigenvalue weighted by Gasteiger charge is 2.40. The quantitative estimate of drug-likeness (QED) is 0.424. The number of amides is 1. The lowest BCUT2D eigenvalue weighted by Gasteiger charge is -2.48. The van der Waals surface area contributed by atoms with Gasteiger partial charge in [0.1, 0.15) is 0 Å². The Labute approximate surface area is 236 Å². The van der Waals surface area contributed by atoms with Crippen LogP contribution in [0, 0.1) is 0 Å². The van der Waals surface area contributed by atoms with Crippen molar-refractivity contribution in [3.8, 4) is 11.3 Å². The molecule has 2 unspecified atom stereocenters. The Morgan fingerprint density at radius 2 is 1.75 bits per heavy atom. The van der Waals surface area contributed by atoms with Crippen LogP contribution in [0.1, 0.15) is 68.1 Å². The highest BCUT2D eigenvalue weighted by atomic mass is 16.5. The first kappa shape index (κ1) is 26.0. The summed E-state index contributed by atoms with van der Waals surface area (Å²) < 4.78 is 5.62. The van der Waals surface area contributed by atoms with E-state index in [1.54, 1.807) is 0 Å². The number of nitrogens with one attached hydrogen (secondary N) is 2. The van der Waals surface area contributed by atoms with Crippen molar-refractivity contribution >= 4 is 22.5 Å². The maximum Gasteiger partial charge on any atom is 0.251 e. The van der Waals surface area contributed by atoms with Gasteiger partial charge in [-0.15, -0.1) is 0 Å². The van der Waals surface area contributed by atoms with Crippen molar-refractivity contribution in [3.05, 3.63) is 48.0 Å². The lowest BCUT2D eigenvalue weighted by atomic mass is 9.79. The van der Waals surface area contributed by atoms with Crippen LogP contribution in [0.15, 0.2) is 42.5 Å². The molecule has 1 aromatic heterocycles. The van der Waals surface area contributed by atoms with Gasteiger partial charge in [0.05, 0.1) is 30.5 Å². The van der Waals surface area contributed by atoms with Crippen LogP contribution in [-0.2, 0) is 4.74 Å². The Balaban J connectivity index is 1.09. The first-order chi connectivity index (χ1) is 19.6. The molecule has 2 aromatic carbocycles. The first-order valence-electron chi connectivity index (χ1n) is 15.3. The zero-order valence-corrected chi connectivity index (χ0v) is 23.3. The number of aliphatic hydroxyl groups excluding tert-OH is 1. The molecule has 4 aliphatic rings. The molecule has 1 aliphatic carbocycles. The molecule has 2 bridgehead atoms. The third kappa shape index (κ3) is 4.80. The number of hydrogen-bond acceptors (Lipinski definition) is 6. The molecular formula is C32H41N5O3. The number of anilines is 1. The topological polar surface area (TPSA) is 93.7 Å². The molecule has 4 heterocycles. The molecule has 0 radical (unpaired) electrons. The molecule has 2 atom stereocenters. The van der Waals surface area contributed by atoms with Crippen LogP contribution in [0.3, 0.4) is 0 Å². The molecule has 8 heteroatoms. The zero-order valence-electron chi connectivity index (χ0n) is 23.3. The van der Waals surface area contributed by atoms with Gasteiger partial charge in [-0.1, -0.05) is 31.4 Å². The maximum atomic E-state index is 13.4. The number of aromatic amines is 1. The van der Waals surface area contributed by atoms with E-state index in [0.717, 1.165) is 87.0 Å². The van der Waals surface area contributed by atoms with Crippen LogP contribution in [0.5, 0.6) is 0 Å². The van der Waals surface area contributed by atoms with E-state index < -0.39 is 0 Å². The van der Waals surface area contributed by atoms with Crippen LogP contribution >= 0.6 is 0 Å². The van der Waals surface area contributed by atoms with Crippen LogP contribution in [0.4, 0.5) is 5.69 Å². The number of piperidine rings is 1. The minimum absolute atomic E-state index is 0.0228. The lowest BCUT2D eigenvalue weighted by molar-refractivity contribution is -0.0361. The molecule has 8 nitrogen and oxygen atoms in total. The van der Waals surface area contributed by atoms with E-state index in [4.69, 9.17) is 4.74 Å². The van der Waals surface area contributed by atoms with E-state index in [0.29, 0.717) is 24.2 Å².